The highest BCUT2D eigenvalue weighted by atomic mass is 16.5. The minimum absolute atomic E-state index is 0.0346. The van der Waals surface area contributed by atoms with E-state index in [1.807, 2.05) is 41.1 Å². The van der Waals surface area contributed by atoms with Crippen LogP contribution in [0.15, 0.2) is 42.7 Å². The van der Waals surface area contributed by atoms with E-state index in [9.17, 15) is 4.79 Å². The first-order chi connectivity index (χ1) is 9.29. The van der Waals surface area contributed by atoms with Gasteiger partial charge in [-0.3, -0.25) is 4.79 Å². The Morgan fingerprint density at radius 1 is 1.32 bits per heavy atom. The number of aromatic nitrogens is 2. The van der Waals surface area contributed by atoms with Gasteiger partial charge in [-0.1, -0.05) is 25.1 Å². The summed E-state index contributed by atoms with van der Waals surface area (Å²) >= 11 is 0. The molecule has 4 heteroatoms. The first-order valence-electron chi connectivity index (χ1n) is 6.49. The van der Waals surface area contributed by atoms with Gasteiger partial charge in [0.05, 0.1) is 6.42 Å². The van der Waals surface area contributed by atoms with Crippen LogP contribution in [0.2, 0.25) is 0 Å². The third kappa shape index (κ3) is 3.95. The van der Waals surface area contributed by atoms with Crippen molar-refractivity contribution in [2.75, 3.05) is 6.61 Å². The fourth-order valence-corrected chi connectivity index (χ4v) is 1.86. The fourth-order valence-electron chi connectivity index (χ4n) is 1.86. The first-order valence-corrected chi connectivity index (χ1v) is 6.49. The molecule has 2 aromatic rings. The second-order valence-corrected chi connectivity index (χ2v) is 4.35. The maximum absolute atomic E-state index is 11.9. The van der Waals surface area contributed by atoms with E-state index in [1.165, 1.54) is 0 Å². The van der Waals surface area contributed by atoms with Gasteiger partial charge in [0.2, 0.25) is 0 Å². The van der Waals surface area contributed by atoms with Crippen molar-refractivity contribution in [3.05, 3.63) is 48.5 Å². The molecule has 0 saturated heterocycles. The Kier molecular flexibility index (Phi) is 4.72. The standard InChI is InChI=1S/C15H18N2O2/c1-2-9-17-10-8-16-15(17)11-13(18)12-19-14-6-4-3-5-7-14/h3-8,10H,2,9,11-12H2,1H3. The molecule has 100 valence electrons. The van der Waals surface area contributed by atoms with E-state index in [2.05, 4.69) is 11.9 Å². The first kappa shape index (κ1) is 13.3. The van der Waals surface area contributed by atoms with Crippen LogP contribution in [0.25, 0.3) is 0 Å². The van der Waals surface area contributed by atoms with Crippen LogP contribution < -0.4 is 4.74 Å². The predicted octanol–water partition coefficient (Wildman–Crippen LogP) is 2.48. The number of rotatable bonds is 7. The van der Waals surface area contributed by atoms with Crippen molar-refractivity contribution < 1.29 is 9.53 Å². The quantitative estimate of drug-likeness (QED) is 0.766. The molecule has 0 unspecified atom stereocenters. The molecule has 0 atom stereocenters. The number of carbonyl (C=O) groups excluding carboxylic acids is 1. The van der Waals surface area contributed by atoms with E-state index in [4.69, 9.17) is 4.74 Å². The summed E-state index contributed by atoms with van der Waals surface area (Å²) in [6.45, 7) is 3.08. The summed E-state index contributed by atoms with van der Waals surface area (Å²) in [5.74, 6) is 1.56. The second-order valence-electron chi connectivity index (χ2n) is 4.35. The predicted molar refractivity (Wildman–Crippen MR) is 73.2 cm³/mol. The number of para-hydroxylation sites is 1. The average Bonchev–Trinajstić information content (AvgIpc) is 2.85. The number of ketones is 1. The lowest BCUT2D eigenvalue weighted by Crippen LogP contribution is -2.16. The highest BCUT2D eigenvalue weighted by Gasteiger charge is 2.09. The second kappa shape index (κ2) is 6.73. The topological polar surface area (TPSA) is 44.1 Å². The lowest BCUT2D eigenvalue weighted by Gasteiger charge is -2.07. The highest BCUT2D eigenvalue weighted by molar-refractivity contribution is 5.81. The molecule has 0 spiro atoms. The molecule has 0 fully saturated rings. The van der Waals surface area contributed by atoms with Crippen LogP contribution in [0.5, 0.6) is 5.75 Å². The molecule has 0 amide bonds. The van der Waals surface area contributed by atoms with Gasteiger partial charge in [-0.25, -0.2) is 4.98 Å². The summed E-state index contributed by atoms with van der Waals surface area (Å²) in [6, 6.07) is 9.36. The largest absolute Gasteiger partial charge is 0.486 e. The molecule has 0 aliphatic heterocycles. The molecule has 2 rings (SSSR count). The van der Waals surface area contributed by atoms with Crippen molar-refractivity contribution in [2.45, 2.75) is 26.3 Å². The fraction of sp³-hybridized carbons (Fsp3) is 0.333. The Balaban J connectivity index is 1.85. The molecular formula is C15H18N2O2. The van der Waals surface area contributed by atoms with Gasteiger partial charge in [0.15, 0.2) is 5.78 Å². The number of Topliss-reactive ketones (excluding diaryl/α,β-unsaturated/α-hetero) is 1. The Morgan fingerprint density at radius 3 is 2.84 bits per heavy atom. The van der Waals surface area contributed by atoms with E-state index < -0.39 is 0 Å². The molecule has 19 heavy (non-hydrogen) atoms. The number of hydrogen-bond donors (Lipinski definition) is 0. The summed E-state index contributed by atoms with van der Waals surface area (Å²) in [6.07, 6.45) is 4.98. The van der Waals surface area contributed by atoms with E-state index in [1.54, 1.807) is 6.20 Å². The van der Waals surface area contributed by atoms with Crippen LogP contribution in [0.1, 0.15) is 19.2 Å². The van der Waals surface area contributed by atoms with Gasteiger partial charge in [0.1, 0.15) is 18.2 Å². The van der Waals surface area contributed by atoms with E-state index in [0.717, 1.165) is 18.8 Å². The number of hydrogen-bond acceptors (Lipinski definition) is 3. The number of benzene rings is 1. The van der Waals surface area contributed by atoms with Crippen LogP contribution in [0.4, 0.5) is 0 Å². The third-order valence-corrected chi connectivity index (χ3v) is 2.76. The van der Waals surface area contributed by atoms with Gasteiger partial charge in [-0.15, -0.1) is 0 Å². The van der Waals surface area contributed by atoms with Gasteiger partial charge < -0.3 is 9.30 Å². The maximum Gasteiger partial charge on any atom is 0.177 e. The lowest BCUT2D eigenvalue weighted by molar-refractivity contribution is -0.120. The van der Waals surface area contributed by atoms with Gasteiger partial charge >= 0.3 is 0 Å². The van der Waals surface area contributed by atoms with E-state index in [0.29, 0.717) is 12.2 Å². The maximum atomic E-state index is 11.9. The minimum atomic E-state index is 0.0346. The zero-order chi connectivity index (χ0) is 13.5. The summed E-state index contributed by atoms with van der Waals surface area (Å²) in [5, 5.41) is 0. The van der Waals surface area contributed by atoms with Crippen LogP contribution in [0.3, 0.4) is 0 Å². The molecule has 4 nitrogen and oxygen atoms in total. The molecule has 1 aromatic carbocycles. The zero-order valence-corrected chi connectivity index (χ0v) is 11.1. The van der Waals surface area contributed by atoms with Crippen molar-refractivity contribution in [3.8, 4) is 5.75 Å². The molecule has 0 radical (unpaired) electrons. The molecule has 1 heterocycles. The van der Waals surface area contributed by atoms with E-state index >= 15 is 0 Å². The number of carbonyl (C=O) groups is 1. The summed E-state index contributed by atoms with van der Waals surface area (Å²) in [5.41, 5.74) is 0. The average molecular weight is 258 g/mol. The minimum Gasteiger partial charge on any atom is -0.486 e. The van der Waals surface area contributed by atoms with Crippen LogP contribution >= 0.6 is 0 Å². The smallest absolute Gasteiger partial charge is 0.177 e. The summed E-state index contributed by atoms with van der Waals surface area (Å²) in [7, 11) is 0. The van der Waals surface area contributed by atoms with Gasteiger partial charge in [0, 0.05) is 18.9 Å². The monoisotopic (exact) mass is 258 g/mol. The molecule has 0 N–H and O–H groups in total. The Hall–Kier alpha value is -2.10. The van der Waals surface area contributed by atoms with Crippen molar-refractivity contribution in [1.29, 1.82) is 0 Å². The zero-order valence-electron chi connectivity index (χ0n) is 11.1. The Labute approximate surface area is 113 Å². The SMILES string of the molecule is CCCn1ccnc1CC(=O)COc1ccccc1. The molecule has 1 aromatic heterocycles. The highest BCUT2D eigenvalue weighted by Crippen LogP contribution is 2.08. The molecule has 0 saturated carbocycles. The molecule has 0 aliphatic carbocycles. The van der Waals surface area contributed by atoms with Crippen molar-refractivity contribution in [2.24, 2.45) is 0 Å². The van der Waals surface area contributed by atoms with Crippen LogP contribution in [-0.2, 0) is 17.8 Å². The van der Waals surface area contributed by atoms with Gasteiger partial charge in [-0.05, 0) is 18.6 Å². The Bertz CT molecular complexity index is 520. The van der Waals surface area contributed by atoms with Gasteiger partial charge in [0.25, 0.3) is 0 Å². The number of imidazole rings is 1. The number of nitrogens with zero attached hydrogens (tertiary/aromatic N) is 2. The van der Waals surface area contributed by atoms with Crippen molar-refractivity contribution >= 4 is 5.78 Å². The third-order valence-electron chi connectivity index (χ3n) is 2.76. The lowest BCUT2D eigenvalue weighted by atomic mass is 10.2. The van der Waals surface area contributed by atoms with Gasteiger partial charge in [-0.2, -0.15) is 0 Å². The normalized spacial score (nSPS) is 10.4. The molecular weight excluding hydrogens is 240 g/mol. The van der Waals surface area contributed by atoms with Crippen molar-refractivity contribution in [3.63, 3.8) is 0 Å². The van der Waals surface area contributed by atoms with Crippen LogP contribution in [0, 0.1) is 0 Å². The van der Waals surface area contributed by atoms with Crippen molar-refractivity contribution in [1.82, 2.24) is 9.55 Å². The molecule has 0 aliphatic rings. The Morgan fingerprint density at radius 2 is 2.11 bits per heavy atom. The number of ether oxygens (including phenoxy) is 1. The van der Waals surface area contributed by atoms with Crippen LogP contribution in [-0.4, -0.2) is 21.9 Å². The van der Waals surface area contributed by atoms with E-state index in [-0.39, 0.29) is 12.4 Å². The summed E-state index contributed by atoms with van der Waals surface area (Å²) in [4.78, 5) is 16.1. The molecule has 0 bridgehead atoms. The number of aryl methyl sites for hydroxylation is 1. The summed E-state index contributed by atoms with van der Waals surface area (Å²) < 4.78 is 7.44.